The molecule has 0 aliphatic carbocycles. The zero-order chi connectivity index (χ0) is 18.7. The number of nitrogens with zero attached hydrogens (tertiary/aromatic N) is 3. The van der Waals surface area contributed by atoms with Crippen molar-refractivity contribution in [3.05, 3.63) is 70.8 Å². The molecule has 0 amide bonds. The van der Waals surface area contributed by atoms with Crippen LogP contribution in [-0.2, 0) is 22.3 Å². The SMILES string of the molecule is CN(Cc1nc(-c2ccc(Cl)cc2)no1)S(=O)(=O)Cc1ccccc1F. The molecule has 9 heteroatoms. The zero-order valence-electron chi connectivity index (χ0n) is 13.8. The molecule has 26 heavy (non-hydrogen) atoms. The summed E-state index contributed by atoms with van der Waals surface area (Å²) in [6.45, 7) is -0.114. The van der Waals surface area contributed by atoms with Crippen LogP contribution in [0.5, 0.6) is 0 Å². The van der Waals surface area contributed by atoms with E-state index in [1.54, 1.807) is 30.3 Å². The number of sulfonamides is 1. The second kappa shape index (κ2) is 7.53. The monoisotopic (exact) mass is 395 g/mol. The normalized spacial score (nSPS) is 11.8. The van der Waals surface area contributed by atoms with Gasteiger partial charge in [0.05, 0.1) is 12.3 Å². The van der Waals surface area contributed by atoms with E-state index < -0.39 is 21.6 Å². The van der Waals surface area contributed by atoms with Crippen LogP contribution in [0.4, 0.5) is 4.39 Å². The number of hydrogen-bond acceptors (Lipinski definition) is 5. The fourth-order valence-corrected chi connectivity index (χ4v) is 3.53. The van der Waals surface area contributed by atoms with Crippen molar-refractivity contribution >= 4 is 21.6 Å². The summed E-state index contributed by atoms with van der Waals surface area (Å²) in [5.74, 6) is -0.549. The molecule has 3 aromatic rings. The fourth-order valence-electron chi connectivity index (χ4n) is 2.25. The lowest BCUT2D eigenvalue weighted by Crippen LogP contribution is -2.28. The van der Waals surface area contributed by atoms with Gasteiger partial charge in [-0.3, -0.25) is 0 Å². The molecule has 136 valence electrons. The van der Waals surface area contributed by atoms with Gasteiger partial charge >= 0.3 is 0 Å². The lowest BCUT2D eigenvalue weighted by Gasteiger charge is -2.15. The van der Waals surface area contributed by atoms with Crippen molar-refractivity contribution in [1.29, 1.82) is 0 Å². The molecule has 2 aromatic carbocycles. The number of benzene rings is 2. The van der Waals surface area contributed by atoms with Crippen molar-refractivity contribution < 1.29 is 17.3 Å². The van der Waals surface area contributed by atoms with Crippen LogP contribution in [0.2, 0.25) is 5.02 Å². The van der Waals surface area contributed by atoms with E-state index in [2.05, 4.69) is 10.1 Å². The minimum absolute atomic E-state index is 0.103. The van der Waals surface area contributed by atoms with E-state index in [0.29, 0.717) is 16.4 Å². The third-order valence-electron chi connectivity index (χ3n) is 3.70. The number of halogens is 2. The predicted octanol–water partition coefficient (Wildman–Crippen LogP) is 3.49. The topological polar surface area (TPSA) is 76.3 Å². The van der Waals surface area contributed by atoms with Gasteiger partial charge in [0.15, 0.2) is 0 Å². The van der Waals surface area contributed by atoms with Crippen molar-refractivity contribution in [1.82, 2.24) is 14.4 Å². The molecule has 0 radical (unpaired) electrons. The number of rotatable bonds is 6. The van der Waals surface area contributed by atoms with Gasteiger partial charge in [0.1, 0.15) is 5.82 Å². The summed E-state index contributed by atoms with van der Waals surface area (Å²) in [6, 6.07) is 12.6. The first kappa shape index (κ1) is 18.5. The lowest BCUT2D eigenvalue weighted by atomic mass is 10.2. The van der Waals surface area contributed by atoms with E-state index in [4.69, 9.17) is 16.1 Å². The third-order valence-corrected chi connectivity index (χ3v) is 5.71. The minimum atomic E-state index is -3.75. The van der Waals surface area contributed by atoms with Crippen molar-refractivity contribution in [2.75, 3.05) is 7.05 Å². The van der Waals surface area contributed by atoms with Gasteiger partial charge in [0.2, 0.25) is 21.7 Å². The Bertz CT molecular complexity index is 1010. The Kier molecular flexibility index (Phi) is 5.36. The quantitative estimate of drug-likeness (QED) is 0.638. The van der Waals surface area contributed by atoms with E-state index >= 15 is 0 Å². The molecule has 0 N–H and O–H groups in total. The van der Waals surface area contributed by atoms with Crippen LogP contribution < -0.4 is 0 Å². The molecule has 0 atom stereocenters. The summed E-state index contributed by atoms with van der Waals surface area (Å²) in [5.41, 5.74) is 0.799. The maximum atomic E-state index is 13.7. The second-order valence-electron chi connectivity index (χ2n) is 5.62. The summed E-state index contributed by atoms with van der Waals surface area (Å²) in [6.07, 6.45) is 0. The van der Waals surface area contributed by atoms with Crippen molar-refractivity contribution in [3.63, 3.8) is 0 Å². The van der Waals surface area contributed by atoms with Gasteiger partial charge in [-0.1, -0.05) is 35.0 Å². The molecule has 0 saturated heterocycles. The smallest absolute Gasteiger partial charge is 0.242 e. The van der Waals surface area contributed by atoms with Crippen LogP contribution in [0.3, 0.4) is 0 Å². The Morgan fingerprint density at radius 3 is 2.54 bits per heavy atom. The predicted molar refractivity (Wildman–Crippen MR) is 95.2 cm³/mol. The lowest BCUT2D eigenvalue weighted by molar-refractivity contribution is 0.336. The van der Waals surface area contributed by atoms with E-state index in [-0.39, 0.29) is 18.0 Å². The van der Waals surface area contributed by atoms with Crippen molar-refractivity contribution in [2.45, 2.75) is 12.3 Å². The van der Waals surface area contributed by atoms with E-state index in [9.17, 15) is 12.8 Å². The van der Waals surface area contributed by atoms with Crippen molar-refractivity contribution in [2.24, 2.45) is 0 Å². The highest BCUT2D eigenvalue weighted by Crippen LogP contribution is 2.20. The number of aromatic nitrogens is 2. The average Bonchev–Trinajstić information content (AvgIpc) is 3.06. The molecule has 0 spiro atoms. The molecule has 0 fully saturated rings. The van der Waals surface area contributed by atoms with E-state index in [0.717, 1.165) is 4.31 Å². The van der Waals surface area contributed by atoms with Crippen LogP contribution in [0.1, 0.15) is 11.5 Å². The van der Waals surface area contributed by atoms with Crippen LogP contribution >= 0.6 is 11.6 Å². The van der Waals surface area contributed by atoms with Gasteiger partial charge in [-0.05, 0) is 30.3 Å². The highest BCUT2D eigenvalue weighted by molar-refractivity contribution is 7.88. The summed E-state index contributed by atoms with van der Waals surface area (Å²) in [5, 5.41) is 4.42. The first-order valence-electron chi connectivity index (χ1n) is 7.61. The minimum Gasteiger partial charge on any atom is -0.338 e. The fraction of sp³-hybridized carbons (Fsp3) is 0.176. The zero-order valence-corrected chi connectivity index (χ0v) is 15.3. The molecular weight excluding hydrogens is 381 g/mol. The molecule has 3 rings (SSSR count). The van der Waals surface area contributed by atoms with Crippen LogP contribution in [0.15, 0.2) is 53.1 Å². The van der Waals surface area contributed by atoms with Gasteiger partial charge in [0, 0.05) is 23.2 Å². The molecule has 0 bridgehead atoms. The van der Waals surface area contributed by atoms with Gasteiger partial charge in [0.25, 0.3) is 0 Å². The van der Waals surface area contributed by atoms with Crippen LogP contribution in [0.25, 0.3) is 11.4 Å². The highest BCUT2D eigenvalue weighted by Gasteiger charge is 2.23. The Morgan fingerprint density at radius 1 is 1.15 bits per heavy atom. The molecule has 6 nitrogen and oxygen atoms in total. The summed E-state index contributed by atoms with van der Waals surface area (Å²) in [4.78, 5) is 4.19. The molecule has 1 heterocycles. The molecule has 0 aliphatic rings. The summed E-state index contributed by atoms with van der Waals surface area (Å²) in [7, 11) is -2.37. The molecular formula is C17H15ClFN3O3S. The van der Waals surface area contributed by atoms with Gasteiger partial charge < -0.3 is 4.52 Å². The number of hydrogen-bond donors (Lipinski definition) is 0. The average molecular weight is 396 g/mol. The van der Waals surface area contributed by atoms with Crippen LogP contribution in [0, 0.1) is 5.82 Å². The van der Waals surface area contributed by atoms with Gasteiger partial charge in [-0.25, -0.2) is 12.8 Å². The third kappa shape index (κ3) is 4.27. The maximum Gasteiger partial charge on any atom is 0.242 e. The Morgan fingerprint density at radius 2 is 1.85 bits per heavy atom. The first-order valence-corrected chi connectivity index (χ1v) is 9.60. The highest BCUT2D eigenvalue weighted by atomic mass is 35.5. The first-order chi connectivity index (χ1) is 12.3. The van der Waals surface area contributed by atoms with Gasteiger partial charge in [-0.15, -0.1) is 0 Å². The molecule has 0 aliphatic heterocycles. The summed E-state index contributed by atoms with van der Waals surface area (Å²) < 4.78 is 44.7. The Balaban J connectivity index is 1.72. The molecule has 0 saturated carbocycles. The van der Waals surface area contributed by atoms with Crippen molar-refractivity contribution in [3.8, 4) is 11.4 Å². The Labute approximate surface area is 155 Å². The largest absolute Gasteiger partial charge is 0.338 e. The molecule has 0 unspecified atom stereocenters. The maximum absolute atomic E-state index is 13.7. The van der Waals surface area contributed by atoms with E-state index in [1.807, 2.05) is 0 Å². The summed E-state index contributed by atoms with van der Waals surface area (Å²) >= 11 is 5.84. The van der Waals surface area contributed by atoms with E-state index in [1.165, 1.54) is 25.2 Å². The standard InChI is InChI=1S/C17H15ClFN3O3S/c1-22(26(23,24)11-13-4-2-3-5-15(13)19)10-16-20-17(21-25-16)12-6-8-14(18)9-7-12/h2-9H,10-11H2,1H3. The molecule has 1 aromatic heterocycles. The second-order valence-corrected chi connectivity index (χ2v) is 8.13. The van der Waals surface area contributed by atoms with Gasteiger partial charge in [-0.2, -0.15) is 9.29 Å². The van der Waals surface area contributed by atoms with Crippen LogP contribution in [-0.4, -0.2) is 29.9 Å². The Hall–Kier alpha value is -2.29.